The number of carbonyl (C=O) groups excluding carboxylic acids is 3. The molecule has 0 aliphatic carbocycles. The summed E-state index contributed by atoms with van der Waals surface area (Å²) in [6.45, 7) is 0.556. The number of rotatable bonds is 8. The van der Waals surface area contributed by atoms with Gasteiger partial charge in [0.1, 0.15) is 5.82 Å². The van der Waals surface area contributed by atoms with Gasteiger partial charge in [0.25, 0.3) is 11.5 Å². The fraction of sp³-hybridized carbons (Fsp3) is 0.280. The van der Waals surface area contributed by atoms with Gasteiger partial charge in [0.05, 0.1) is 39.8 Å². The number of nitrogens with two attached hydrogens (primary N) is 1. The van der Waals surface area contributed by atoms with E-state index in [0.29, 0.717) is 27.9 Å². The highest BCUT2D eigenvalue weighted by atomic mass is 35.5. The van der Waals surface area contributed by atoms with Gasteiger partial charge in [0.15, 0.2) is 0 Å². The van der Waals surface area contributed by atoms with Crippen LogP contribution >= 0.6 is 22.9 Å². The van der Waals surface area contributed by atoms with Gasteiger partial charge in [-0.2, -0.15) is 0 Å². The molecule has 3 aromatic rings. The number of aromatic nitrogens is 1. The predicted molar refractivity (Wildman–Crippen MR) is 143 cm³/mol. The molecule has 2 aromatic heterocycles. The minimum absolute atomic E-state index is 0.00297. The zero-order valence-electron chi connectivity index (χ0n) is 20.2. The summed E-state index contributed by atoms with van der Waals surface area (Å²) in [4.78, 5) is 49.0. The minimum Gasteiger partial charge on any atom is -0.395 e. The molecule has 4 rings (SSSR count). The normalized spacial score (nSPS) is 14.9. The summed E-state index contributed by atoms with van der Waals surface area (Å²) >= 11 is 6.70. The molecule has 1 aromatic carbocycles. The lowest BCUT2D eigenvalue weighted by molar-refractivity contribution is -0.126. The van der Waals surface area contributed by atoms with Crippen LogP contribution in [0, 0.1) is 5.82 Å². The molecule has 1 atom stereocenters. The molecule has 1 aliphatic rings. The van der Waals surface area contributed by atoms with Crippen molar-refractivity contribution in [3.05, 3.63) is 80.1 Å². The lowest BCUT2D eigenvalue weighted by Gasteiger charge is -2.23. The molecule has 202 valence electrons. The Kier molecular flexibility index (Phi) is 10.5. The molecule has 13 heteroatoms. The van der Waals surface area contributed by atoms with Crippen LogP contribution in [0.3, 0.4) is 0 Å². The summed E-state index contributed by atoms with van der Waals surface area (Å²) in [7, 11) is 0. The number of benzene rings is 1. The second-order valence-electron chi connectivity index (χ2n) is 8.23. The van der Waals surface area contributed by atoms with Gasteiger partial charge in [-0.3, -0.25) is 28.6 Å². The number of thiophene rings is 1. The van der Waals surface area contributed by atoms with Crippen molar-refractivity contribution < 1.29 is 23.9 Å². The van der Waals surface area contributed by atoms with Gasteiger partial charge in [0.2, 0.25) is 11.8 Å². The number of nitrogens with zero attached hydrogens (tertiary/aromatic N) is 2. The van der Waals surface area contributed by atoms with E-state index in [4.69, 9.17) is 22.4 Å². The average Bonchev–Trinajstić information content (AvgIpc) is 3.53. The Morgan fingerprint density at radius 3 is 2.58 bits per heavy atom. The molecule has 38 heavy (non-hydrogen) atoms. The molecule has 0 radical (unpaired) electrons. The zero-order valence-corrected chi connectivity index (χ0v) is 21.8. The first-order valence-electron chi connectivity index (χ1n) is 11.6. The maximum Gasteiger partial charge on any atom is 0.258 e. The van der Waals surface area contributed by atoms with Crippen LogP contribution in [-0.4, -0.2) is 64.6 Å². The van der Waals surface area contributed by atoms with E-state index in [9.17, 15) is 23.6 Å². The van der Waals surface area contributed by atoms with Crippen molar-refractivity contribution >= 4 is 46.3 Å². The summed E-state index contributed by atoms with van der Waals surface area (Å²) in [5.41, 5.74) is 5.01. The molecule has 3 heterocycles. The second-order valence-corrected chi connectivity index (χ2v) is 9.95. The van der Waals surface area contributed by atoms with E-state index in [0.717, 1.165) is 6.42 Å². The van der Waals surface area contributed by atoms with Crippen LogP contribution in [0.2, 0.25) is 4.34 Å². The number of hydrogen-bond donors (Lipinski definition) is 4. The second kappa shape index (κ2) is 13.8. The fourth-order valence-electron chi connectivity index (χ4n) is 3.83. The number of likely N-dealkylation sites (tertiary alicyclic amines) is 1. The topological polar surface area (TPSA) is 147 Å². The fourth-order valence-corrected chi connectivity index (χ4v) is 4.72. The van der Waals surface area contributed by atoms with E-state index < -0.39 is 23.7 Å². The largest absolute Gasteiger partial charge is 0.395 e. The van der Waals surface area contributed by atoms with Gasteiger partial charge < -0.3 is 21.5 Å². The number of aliphatic hydroxyl groups excluding tert-OH is 1. The summed E-state index contributed by atoms with van der Waals surface area (Å²) in [6, 6.07) is 11.6. The van der Waals surface area contributed by atoms with Crippen molar-refractivity contribution in [3.8, 4) is 5.69 Å². The number of aliphatic hydroxyl groups is 1. The van der Waals surface area contributed by atoms with Crippen molar-refractivity contribution in [2.75, 3.05) is 31.6 Å². The van der Waals surface area contributed by atoms with Crippen molar-refractivity contribution in [2.24, 2.45) is 5.73 Å². The molecular weight excluding hydrogens is 537 g/mol. The third-order valence-corrected chi connectivity index (χ3v) is 6.81. The number of anilines is 1. The first-order valence-corrected chi connectivity index (χ1v) is 12.8. The summed E-state index contributed by atoms with van der Waals surface area (Å²) < 4.78 is 16.3. The highest BCUT2D eigenvalue weighted by Gasteiger charge is 2.31. The van der Waals surface area contributed by atoms with Crippen LogP contribution in [-0.2, 0) is 9.59 Å². The number of carbonyl (C=O) groups is 3. The maximum atomic E-state index is 14.5. The first kappa shape index (κ1) is 29.0. The SMILES string of the molecule is NC(=O)c1ccc(Cl)s1.O=C(CN1CCCC1C(=O)NCCO)Nc1ccc(-n2ccccc2=O)cc1F. The molecule has 1 aliphatic heterocycles. The highest BCUT2D eigenvalue weighted by molar-refractivity contribution is 7.17. The van der Waals surface area contributed by atoms with Crippen LogP contribution in [0.1, 0.15) is 22.5 Å². The highest BCUT2D eigenvalue weighted by Crippen LogP contribution is 2.21. The zero-order chi connectivity index (χ0) is 27.7. The Morgan fingerprint density at radius 2 is 1.97 bits per heavy atom. The Bertz CT molecular complexity index is 1350. The summed E-state index contributed by atoms with van der Waals surface area (Å²) in [6.07, 6.45) is 2.93. The van der Waals surface area contributed by atoms with Crippen molar-refractivity contribution in [1.82, 2.24) is 14.8 Å². The van der Waals surface area contributed by atoms with Crippen LogP contribution in [0.4, 0.5) is 10.1 Å². The lowest BCUT2D eigenvalue weighted by Crippen LogP contribution is -2.46. The third kappa shape index (κ3) is 7.96. The van der Waals surface area contributed by atoms with Gasteiger partial charge in [-0.25, -0.2) is 4.39 Å². The van der Waals surface area contributed by atoms with Gasteiger partial charge in [-0.1, -0.05) is 17.7 Å². The van der Waals surface area contributed by atoms with Gasteiger partial charge in [0, 0.05) is 24.9 Å². The summed E-state index contributed by atoms with van der Waals surface area (Å²) in [5.74, 6) is -1.75. The van der Waals surface area contributed by atoms with Crippen molar-refractivity contribution in [3.63, 3.8) is 0 Å². The standard InChI is InChI=1S/C20H23FN4O4.C5H4ClNOS/c21-15-12-14(25-10-2-1-5-19(25)28)6-7-16(15)23-18(27)13-24-9-3-4-17(24)20(29)22-8-11-26;6-4-2-1-3(9-4)5(7)8/h1-2,5-7,10,12,17,26H,3-4,8-9,11,13H2,(H,22,29)(H,23,27);1-2H,(H2,7,8). The monoisotopic (exact) mass is 563 g/mol. The van der Waals surface area contributed by atoms with E-state index in [2.05, 4.69) is 10.6 Å². The number of primary amides is 1. The quantitative estimate of drug-likeness (QED) is 0.330. The molecule has 1 saturated heterocycles. The maximum absolute atomic E-state index is 14.5. The summed E-state index contributed by atoms with van der Waals surface area (Å²) in [5, 5.41) is 14.0. The third-order valence-electron chi connectivity index (χ3n) is 5.57. The molecule has 1 fully saturated rings. The van der Waals surface area contributed by atoms with Crippen LogP contribution in [0.25, 0.3) is 5.69 Å². The molecule has 10 nitrogen and oxygen atoms in total. The minimum atomic E-state index is -0.662. The number of pyridine rings is 1. The van der Waals surface area contributed by atoms with Crippen LogP contribution in [0.5, 0.6) is 0 Å². The Morgan fingerprint density at radius 1 is 1.18 bits per heavy atom. The number of hydrogen-bond acceptors (Lipinski definition) is 7. The van der Waals surface area contributed by atoms with E-state index in [1.807, 2.05) is 0 Å². The lowest BCUT2D eigenvalue weighted by atomic mass is 10.2. The van der Waals surface area contributed by atoms with Crippen molar-refractivity contribution in [1.29, 1.82) is 0 Å². The van der Waals surface area contributed by atoms with E-state index in [-0.39, 0.29) is 36.9 Å². The van der Waals surface area contributed by atoms with E-state index >= 15 is 0 Å². The Labute approximate surface area is 226 Å². The average molecular weight is 564 g/mol. The van der Waals surface area contributed by atoms with Crippen LogP contribution < -0.4 is 21.9 Å². The Hall–Kier alpha value is -3.58. The number of amides is 3. The molecule has 3 amide bonds. The number of nitrogens with one attached hydrogen (secondary N) is 2. The molecule has 0 spiro atoms. The van der Waals surface area contributed by atoms with E-state index in [1.165, 1.54) is 40.3 Å². The molecule has 5 N–H and O–H groups in total. The molecule has 0 bridgehead atoms. The molecule has 1 unspecified atom stereocenters. The van der Waals surface area contributed by atoms with Crippen LogP contribution in [0.15, 0.2) is 59.5 Å². The van der Waals surface area contributed by atoms with Gasteiger partial charge >= 0.3 is 0 Å². The molecule has 0 saturated carbocycles. The first-order chi connectivity index (χ1) is 18.2. The van der Waals surface area contributed by atoms with E-state index in [1.54, 1.807) is 35.2 Å². The van der Waals surface area contributed by atoms with Gasteiger partial charge in [-0.15, -0.1) is 11.3 Å². The smallest absolute Gasteiger partial charge is 0.258 e. The van der Waals surface area contributed by atoms with Gasteiger partial charge in [-0.05, 0) is 49.7 Å². The molecular formula is C25H27ClFN5O5S. The Balaban J connectivity index is 0.000000375. The number of halogens is 2. The predicted octanol–water partition coefficient (Wildman–Crippen LogP) is 1.99. The van der Waals surface area contributed by atoms with Crippen molar-refractivity contribution in [2.45, 2.75) is 18.9 Å².